The molecular formula is C14H17BrN4O2S. The van der Waals surface area contributed by atoms with Crippen LogP contribution < -0.4 is 5.32 Å². The zero-order valence-corrected chi connectivity index (χ0v) is 14.8. The van der Waals surface area contributed by atoms with Crippen molar-refractivity contribution < 1.29 is 9.21 Å². The maximum atomic E-state index is 11.8. The van der Waals surface area contributed by atoms with Gasteiger partial charge in [-0.3, -0.25) is 9.36 Å². The SMILES string of the molecule is CC(C)n1c(SCC(=O)NC2CC2)nnc1-c1ccc(Br)o1. The summed E-state index contributed by atoms with van der Waals surface area (Å²) in [5.74, 6) is 1.73. The van der Waals surface area contributed by atoms with Crippen molar-refractivity contribution in [3.8, 4) is 11.6 Å². The number of carbonyl (C=O) groups is 1. The van der Waals surface area contributed by atoms with Crippen molar-refractivity contribution in [1.29, 1.82) is 0 Å². The Kier molecular flexibility index (Phi) is 4.58. The van der Waals surface area contributed by atoms with Crippen LogP contribution >= 0.6 is 27.7 Å². The first-order valence-electron chi connectivity index (χ1n) is 7.17. The lowest BCUT2D eigenvalue weighted by molar-refractivity contribution is -0.118. The maximum absolute atomic E-state index is 11.8. The van der Waals surface area contributed by atoms with E-state index in [1.807, 2.05) is 16.7 Å². The molecule has 0 bridgehead atoms. The van der Waals surface area contributed by atoms with E-state index in [0.717, 1.165) is 18.0 Å². The molecule has 1 aliphatic rings. The van der Waals surface area contributed by atoms with Crippen LogP contribution in [0.3, 0.4) is 0 Å². The third kappa shape index (κ3) is 3.55. The van der Waals surface area contributed by atoms with E-state index < -0.39 is 0 Å². The molecule has 2 aromatic heterocycles. The van der Waals surface area contributed by atoms with Crippen LogP contribution in [0.5, 0.6) is 0 Å². The third-order valence-corrected chi connectivity index (χ3v) is 4.62. The predicted octanol–water partition coefficient (Wildman–Crippen LogP) is 3.25. The number of hydrogen-bond acceptors (Lipinski definition) is 5. The number of halogens is 1. The van der Waals surface area contributed by atoms with E-state index in [-0.39, 0.29) is 11.9 Å². The minimum atomic E-state index is 0.0492. The normalized spacial score (nSPS) is 14.5. The summed E-state index contributed by atoms with van der Waals surface area (Å²) in [6, 6.07) is 4.22. The average molecular weight is 385 g/mol. The van der Waals surface area contributed by atoms with Gasteiger partial charge in [0.1, 0.15) is 0 Å². The molecule has 6 nitrogen and oxygen atoms in total. The molecular weight excluding hydrogens is 368 g/mol. The first-order valence-corrected chi connectivity index (χ1v) is 8.95. The van der Waals surface area contributed by atoms with Gasteiger partial charge in [0.25, 0.3) is 0 Å². The number of thioether (sulfide) groups is 1. The van der Waals surface area contributed by atoms with Crippen LogP contribution in [0.25, 0.3) is 11.6 Å². The first kappa shape index (κ1) is 15.6. The lowest BCUT2D eigenvalue weighted by Gasteiger charge is -2.12. The molecule has 0 atom stereocenters. The number of amides is 1. The monoisotopic (exact) mass is 384 g/mol. The number of nitrogens with one attached hydrogen (secondary N) is 1. The second-order valence-electron chi connectivity index (χ2n) is 5.50. The van der Waals surface area contributed by atoms with Gasteiger partial charge in [-0.2, -0.15) is 0 Å². The molecule has 8 heteroatoms. The Labute approximate surface area is 141 Å². The molecule has 1 saturated carbocycles. The number of carbonyl (C=O) groups excluding carboxylic acids is 1. The summed E-state index contributed by atoms with van der Waals surface area (Å²) in [4.78, 5) is 11.8. The molecule has 0 saturated heterocycles. The Morgan fingerprint density at radius 3 is 2.86 bits per heavy atom. The van der Waals surface area contributed by atoms with Gasteiger partial charge < -0.3 is 9.73 Å². The molecule has 2 heterocycles. The zero-order chi connectivity index (χ0) is 15.7. The molecule has 1 N–H and O–H groups in total. The molecule has 1 fully saturated rings. The highest BCUT2D eigenvalue weighted by molar-refractivity contribution is 9.10. The van der Waals surface area contributed by atoms with Gasteiger partial charge >= 0.3 is 0 Å². The summed E-state index contributed by atoms with van der Waals surface area (Å²) in [5, 5.41) is 12.1. The summed E-state index contributed by atoms with van der Waals surface area (Å²) in [5.41, 5.74) is 0. The van der Waals surface area contributed by atoms with Gasteiger partial charge in [0.2, 0.25) is 11.7 Å². The summed E-state index contributed by atoms with van der Waals surface area (Å²) in [7, 11) is 0. The van der Waals surface area contributed by atoms with Crippen LogP contribution in [-0.2, 0) is 4.79 Å². The highest BCUT2D eigenvalue weighted by Crippen LogP contribution is 2.30. The Hall–Kier alpha value is -1.28. The van der Waals surface area contributed by atoms with Crippen LogP contribution in [0.1, 0.15) is 32.7 Å². The summed E-state index contributed by atoms with van der Waals surface area (Å²) < 4.78 is 8.20. The van der Waals surface area contributed by atoms with Gasteiger partial charge in [-0.25, -0.2) is 0 Å². The van der Waals surface area contributed by atoms with Gasteiger partial charge in [-0.15, -0.1) is 10.2 Å². The Balaban J connectivity index is 1.76. The minimum absolute atomic E-state index is 0.0492. The third-order valence-electron chi connectivity index (χ3n) is 3.25. The van der Waals surface area contributed by atoms with Crippen molar-refractivity contribution in [2.24, 2.45) is 0 Å². The Morgan fingerprint density at radius 1 is 1.50 bits per heavy atom. The fraction of sp³-hybridized carbons (Fsp3) is 0.500. The Morgan fingerprint density at radius 2 is 2.27 bits per heavy atom. The quantitative estimate of drug-likeness (QED) is 0.773. The molecule has 2 aromatic rings. The van der Waals surface area contributed by atoms with E-state index in [9.17, 15) is 4.79 Å². The zero-order valence-electron chi connectivity index (χ0n) is 12.4. The Bertz CT molecular complexity index is 678. The lowest BCUT2D eigenvalue weighted by atomic mass is 10.3. The minimum Gasteiger partial charge on any atom is -0.446 e. The summed E-state index contributed by atoms with van der Waals surface area (Å²) in [6.45, 7) is 4.11. The van der Waals surface area contributed by atoms with Crippen LogP contribution in [0.2, 0.25) is 0 Å². The van der Waals surface area contributed by atoms with E-state index in [2.05, 4.69) is 45.3 Å². The van der Waals surface area contributed by atoms with Gasteiger partial charge in [-0.05, 0) is 54.8 Å². The second-order valence-corrected chi connectivity index (χ2v) is 7.23. The van der Waals surface area contributed by atoms with Crippen molar-refractivity contribution >= 4 is 33.6 Å². The van der Waals surface area contributed by atoms with Crippen LogP contribution in [0.4, 0.5) is 0 Å². The number of nitrogens with zero attached hydrogens (tertiary/aromatic N) is 3. The molecule has 0 aliphatic heterocycles. The predicted molar refractivity (Wildman–Crippen MR) is 87.7 cm³/mol. The lowest BCUT2D eigenvalue weighted by Crippen LogP contribution is -2.27. The number of aromatic nitrogens is 3. The van der Waals surface area contributed by atoms with Crippen LogP contribution in [0.15, 0.2) is 26.4 Å². The van der Waals surface area contributed by atoms with E-state index in [0.29, 0.717) is 28.0 Å². The largest absolute Gasteiger partial charge is 0.446 e. The van der Waals surface area contributed by atoms with Gasteiger partial charge in [0.15, 0.2) is 15.6 Å². The fourth-order valence-electron chi connectivity index (χ4n) is 2.07. The molecule has 0 radical (unpaired) electrons. The van der Waals surface area contributed by atoms with Gasteiger partial charge in [0, 0.05) is 12.1 Å². The smallest absolute Gasteiger partial charge is 0.230 e. The molecule has 0 aromatic carbocycles. The highest BCUT2D eigenvalue weighted by atomic mass is 79.9. The van der Waals surface area contributed by atoms with E-state index >= 15 is 0 Å². The molecule has 1 amide bonds. The van der Waals surface area contributed by atoms with E-state index in [4.69, 9.17) is 4.42 Å². The first-order chi connectivity index (χ1) is 10.5. The van der Waals surface area contributed by atoms with E-state index in [1.165, 1.54) is 11.8 Å². The second kappa shape index (κ2) is 6.45. The molecule has 22 heavy (non-hydrogen) atoms. The standard InChI is InChI=1S/C14H17BrN4O2S/c1-8(2)19-13(10-5-6-11(15)21-10)17-18-14(19)22-7-12(20)16-9-3-4-9/h5-6,8-9H,3-4,7H2,1-2H3,(H,16,20). The summed E-state index contributed by atoms with van der Waals surface area (Å²) >= 11 is 4.69. The topological polar surface area (TPSA) is 73.0 Å². The maximum Gasteiger partial charge on any atom is 0.230 e. The van der Waals surface area contributed by atoms with Crippen molar-refractivity contribution in [2.75, 3.05) is 5.75 Å². The molecule has 0 unspecified atom stereocenters. The van der Waals surface area contributed by atoms with Crippen LogP contribution in [-0.4, -0.2) is 32.5 Å². The van der Waals surface area contributed by atoms with Crippen molar-refractivity contribution in [1.82, 2.24) is 20.1 Å². The van der Waals surface area contributed by atoms with Crippen molar-refractivity contribution in [3.63, 3.8) is 0 Å². The fourth-order valence-corrected chi connectivity index (χ4v) is 3.26. The number of furan rings is 1. The molecule has 3 rings (SSSR count). The number of hydrogen-bond donors (Lipinski definition) is 1. The molecule has 1 aliphatic carbocycles. The highest BCUT2D eigenvalue weighted by Gasteiger charge is 2.24. The number of rotatable bonds is 6. The van der Waals surface area contributed by atoms with Crippen molar-refractivity contribution in [2.45, 2.75) is 43.9 Å². The average Bonchev–Trinajstić information content (AvgIpc) is 3.00. The summed E-state index contributed by atoms with van der Waals surface area (Å²) in [6.07, 6.45) is 2.19. The van der Waals surface area contributed by atoms with Crippen molar-refractivity contribution in [3.05, 3.63) is 16.8 Å². The van der Waals surface area contributed by atoms with Crippen LogP contribution in [0, 0.1) is 0 Å². The van der Waals surface area contributed by atoms with Gasteiger partial charge in [-0.1, -0.05) is 11.8 Å². The van der Waals surface area contributed by atoms with Gasteiger partial charge in [0.05, 0.1) is 5.75 Å². The molecule has 0 spiro atoms. The molecule has 118 valence electrons. The van der Waals surface area contributed by atoms with E-state index in [1.54, 1.807) is 0 Å².